The number of H-pyrrole nitrogens is 1. The first-order chi connectivity index (χ1) is 9.42. The predicted molar refractivity (Wildman–Crippen MR) is 72.5 cm³/mol. The highest BCUT2D eigenvalue weighted by Crippen LogP contribution is 2.09. The van der Waals surface area contributed by atoms with Crippen molar-refractivity contribution >= 4 is 11.9 Å². The molecule has 1 rings (SSSR count). The molecule has 1 amide bonds. The first kappa shape index (κ1) is 15.9. The summed E-state index contributed by atoms with van der Waals surface area (Å²) in [5, 5.41) is 6.11. The summed E-state index contributed by atoms with van der Waals surface area (Å²) >= 11 is 0. The fourth-order valence-corrected chi connectivity index (χ4v) is 1.77. The third-order valence-corrected chi connectivity index (χ3v) is 3.17. The molecule has 7 heteroatoms. The molecule has 0 saturated carbocycles. The Kier molecular flexibility index (Phi) is 5.42. The zero-order valence-corrected chi connectivity index (χ0v) is 12.1. The number of nitrogens with zero attached hydrogens (tertiary/aromatic N) is 2. The number of carbonyl (C=O) groups is 2. The van der Waals surface area contributed by atoms with Gasteiger partial charge in [0.1, 0.15) is 5.56 Å². The lowest BCUT2D eigenvalue weighted by molar-refractivity contribution is -0.140. The van der Waals surface area contributed by atoms with Crippen LogP contribution in [0.5, 0.6) is 0 Å². The van der Waals surface area contributed by atoms with E-state index in [1.807, 2.05) is 0 Å². The Morgan fingerprint density at radius 2 is 2.00 bits per heavy atom. The number of aryl methyl sites for hydroxylation is 1. The Balaban J connectivity index is 3.00. The predicted octanol–water partition coefficient (Wildman–Crippen LogP) is 0.412. The van der Waals surface area contributed by atoms with Gasteiger partial charge in [0.25, 0.3) is 11.5 Å². The van der Waals surface area contributed by atoms with Crippen LogP contribution < -0.4 is 5.56 Å². The van der Waals surface area contributed by atoms with Crippen molar-refractivity contribution < 1.29 is 14.3 Å². The lowest BCUT2D eigenvalue weighted by Gasteiger charge is -2.20. The second-order valence-electron chi connectivity index (χ2n) is 4.35. The van der Waals surface area contributed by atoms with E-state index in [0.717, 1.165) is 0 Å². The highest BCUT2D eigenvalue weighted by molar-refractivity contribution is 5.95. The van der Waals surface area contributed by atoms with Gasteiger partial charge in [-0.05, 0) is 26.3 Å². The van der Waals surface area contributed by atoms with Crippen LogP contribution in [0.4, 0.5) is 0 Å². The van der Waals surface area contributed by atoms with Gasteiger partial charge < -0.3 is 9.64 Å². The van der Waals surface area contributed by atoms with E-state index in [2.05, 4.69) is 14.9 Å². The van der Waals surface area contributed by atoms with Crippen molar-refractivity contribution in [2.75, 3.05) is 20.2 Å². The molecular formula is C13H19N3O4. The van der Waals surface area contributed by atoms with E-state index < -0.39 is 17.4 Å². The zero-order chi connectivity index (χ0) is 15.3. The smallest absolute Gasteiger partial charge is 0.307 e. The van der Waals surface area contributed by atoms with E-state index in [1.54, 1.807) is 20.8 Å². The van der Waals surface area contributed by atoms with Crippen LogP contribution in [0.3, 0.4) is 0 Å². The Morgan fingerprint density at radius 1 is 1.35 bits per heavy atom. The molecule has 0 aromatic carbocycles. The highest BCUT2D eigenvalue weighted by Gasteiger charge is 2.21. The second-order valence-corrected chi connectivity index (χ2v) is 4.35. The number of hydrogen-bond acceptors (Lipinski definition) is 5. The van der Waals surface area contributed by atoms with E-state index in [4.69, 9.17) is 0 Å². The van der Waals surface area contributed by atoms with E-state index in [-0.39, 0.29) is 18.5 Å². The summed E-state index contributed by atoms with van der Waals surface area (Å²) in [7, 11) is 1.29. The van der Waals surface area contributed by atoms with Gasteiger partial charge in [0, 0.05) is 13.1 Å². The highest BCUT2D eigenvalue weighted by atomic mass is 16.5. The Bertz CT molecular complexity index is 565. The SMILES string of the molecule is CCN(CCC(=O)OC)C(=O)c1c(C)c(C)n[nH]c1=O. The summed E-state index contributed by atoms with van der Waals surface area (Å²) < 4.78 is 4.54. The minimum absolute atomic E-state index is 0.0733. The van der Waals surface area contributed by atoms with Crippen LogP contribution in [-0.4, -0.2) is 47.2 Å². The topological polar surface area (TPSA) is 92.4 Å². The molecule has 0 aliphatic rings. The maximum atomic E-state index is 12.4. The number of methoxy groups -OCH3 is 1. The van der Waals surface area contributed by atoms with Crippen molar-refractivity contribution in [1.29, 1.82) is 0 Å². The monoisotopic (exact) mass is 281 g/mol. The molecule has 1 aromatic rings. The summed E-state index contributed by atoms with van der Waals surface area (Å²) in [4.78, 5) is 36.8. The molecule has 7 nitrogen and oxygen atoms in total. The third-order valence-electron chi connectivity index (χ3n) is 3.17. The van der Waals surface area contributed by atoms with E-state index in [0.29, 0.717) is 17.8 Å². The van der Waals surface area contributed by atoms with Crippen molar-refractivity contribution in [2.24, 2.45) is 0 Å². The average Bonchev–Trinajstić information content (AvgIpc) is 2.43. The Hall–Kier alpha value is -2.18. The number of nitrogens with one attached hydrogen (secondary N) is 1. The molecule has 1 aromatic heterocycles. The maximum Gasteiger partial charge on any atom is 0.307 e. The van der Waals surface area contributed by atoms with Crippen LogP contribution in [0, 0.1) is 13.8 Å². The second kappa shape index (κ2) is 6.83. The summed E-state index contributed by atoms with van der Waals surface area (Å²) in [6, 6.07) is 0. The van der Waals surface area contributed by atoms with Crippen molar-refractivity contribution in [3.8, 4) is 0 Å². The molecular weight excluding hydrogens is 262 g/mol. The van der Waals surface area contributed by atoms with Crippen LogP contribution in [0.1, 0.15) is 35.0 Å². The summed E-state index contributed by atoms with van der Waals surface area (Å²) in [6.07, 6.45) is 0.0943. The summed E-state index contributed by atoms with van der Waals surface area (Å²) in [6.45, 7) is 5.79. The molecule has 110 valence electrons. The van der Waals surface area contributed by atoms with Gasteiger partial charge in [-0.1, -0.05) is 0 Å². The molecule has 0 fully saturated rings. The maximum absolute atomic E-state index is 12.4. The fraction of sp³-hybridized carbons (Fsp3) is 0.538. The number of amides is 1. The number of aromatic nitrogens is 2. The van der Waals surface area contributed by atoms with Gasteiger partial charge >= 0.3 is 5.97 Å². The molecule has 0 saturated heterocycles. The lowest BCUT2D eigenvalue weighted by atomic mass is 10.1. The number of rotatable bonds is 5. The molecule has 0 aliphatic carbocycles. The number of esters is 1. The molecule has 0 aliphatic heterocycles. The van der Waals surface area contributed by atoms with Crippen LogP contribution >= 0.6 is 0 Å². The minimum Gasteiger partial charge on any atom is -0.469 e. The number of hydrogen-bond donors (Lipinski definition) is 1. The summed E-state index contributed by atoms with van der Waals surface area (Å²) in [5.41, 5.74) is 0.700. The average molecular weight is 281 g/mol. The van der Waals surface area contributed by atoms with Crippen molar-refractivity contribution in [2.45, 2.75) is 27.2 Å². The first-order valence-electron chi connectivity index (χ1n) is 6.34. The molecule has 0 unspecified atom stereocenters. The number of ether oxygens (including phenoxy) is 1. The van der Waals surface area contributed by atoms with Gasteiger partial charge in [0.15, 0.2) is 0 Å². The Labute approximate surface area is 116 Å². The summed E-state index contributed by atoms with van der Waals surface area (Å²) in [5.74, 6) is -0.798. The standard InChI is InChI=1S/C13H19N3O4/c1-5-16(7-6-10(17)20-4)13(19)11-8(2)9(3)14-15-12(11)18/h5-7H2,1-4H3,(H,15,18). The van der Waals surface area contributed by atoms with E-state index in [9.17, 15) is 14.4 Å². The van der Waals surface area contributed by atoms with Crippen molar-refractivity contribution in [3.63, 3.8) is 0 Å². The van der Waals surface area contributed by atoms with Gasteiger partial charge in [-0.3, -0.25) is 14.4 Å². The van der Waals surface area contributed by atoms with Crippen molar-refractivity contribution in [1.82, 2.24) is 15.1 Å². The van der Waals surface area contributed by atoms with Crippen LogP contribution in [0.2, 0.25) is 0 Å². The quantitative estimate of drug-likeness (QED) is 0.789. The van der Waals surface area contributed by atoms with E-state index in [1.165, 1.54) is 12.0 Å². The molecule has 0 atom stereocenters. The molecule has 0 radical (unpaired) electrons. The zero-order valence-electron chi connectivity index (χ0n) is 12.1. The number of carbonyl (C=O) groups excluding carboxylic acids is 2. The van der Waals surface area contributed by atoms with Crippen LogP contribution in [0.15, 0.2) is 4.79 Å². The fourth-order valence-electron chi connectivity index (χ4n) is 1.77. The van der Waals surface area contributed by atoms with Gasteiger partial charge in [0.2, 0.25) is 0 Å². The van der Waals surface area contributed by atoms with E-state index >= 15 is 0 Å². The molecule has 0 bridgehead atoms. The van der Waals surface area contributed by atoms with Crippen molar-refractivity contribution in [3.05, 3.63) is 27.2 Å². The minimum atomic E-state index is -0.519. The van der Waals surface area contributed by atoms with Gasteiger partial charge in [-0.2, -0.15) is 5.10 Å². The molecule has 1 heterocycles. The molecule has 20 heavy (non-hydrogen) atoms. The van der Waals surface area contributed by atoms with Gasteiger partial charge in [-0.25, -0.2) is 5.10 Å². The van der Waals surface area contributed by atoms with Gasteiger partial charge in [-0.15, -0.1) is 0 Å². The number of aromatic amines is 1. The third kappa shape index (κ3) is 3.43. The lowest BCUT2D eigenvalue weighted by Crippen LogP contribution is -2.37. The Morgan fingerprint density at radius 3 is 2.55 bits per heavy atom. The van der Waals surface area contributed by atoms with Crippen LogP contribution in [0.25, 0.3) is 0 Å². The van der Waals surface area contributed by atoms with Gasteiger partial charge in [0.05, 0.1) is 19.2 Å². The molecule has 1 N–H and O–H groups in total. The van der Waals surface area contributed by atoms with Crippen LogP contribution in [-0.2, 0) is 9.53 Å². The molecule has 0 spiro atoms. The first-order valence-corrected chi connectivity index (χ1v) is 6.34. The largest absolute Gasteiger partial charge is 0.469 e. The normalized spacial score (nSPS) is 10.2.